The van der Waals surface area contributed by atoms with E-state index in [1.807, 2.05) is 0 Å². The van der Waals surface area contributed by atoms with Crippen LogP contribution in [0.4, 0.5) is 0 Å². The minimum Gasteiger partial charge on any atom is -0.467 e. The topological polar surface area (TPSA) is 54.6 Å². The lowest BCUT2D eigenvalue weighted by Gasteiger charge is -2.22. The van der Waals surface area contributed by atoms with E-state index in [4.69, 9.17) is 9.15 Å². The molecule has 1 aliphatic heterocycles. The lowest BCUT2D eigenvalue weighted by atomic mass is 10.0. The Morgan fingerprint density at radius 1 is 1.56 bits per heavy atom. The molecule has 16 heavy (non-hydrogen) atoms. The average molecular weight is 225 g/mol. The molecule has 1 aromatic heterocycles. The second kappa shape index (κ2) is 6.03. The minimum absolute atomic E-state index is 0.532. The Labute approximate surface area is 95.6 Å². The van der Waals surface area contributed by atoms with E-state index in [0.29, 0.717) is 18.2 Å². The maximum atomic E-state index is 9.75. The highest BCUT2D eigenvalue weighted by molar-refractivity contribution is 5.02. The highest BCUT2D eigenvalue weighted by Crippen LogP contribution is 2.14. The second-order valence-corrected chi connectivity index (χ2v) is 4.27. The van der Waals surface area contributed by atoms with Crippen molar-refractivity contribution in [1.82, 2.24) is 5.32 Å². The molecule has 2 atom stereocenters. The van der Waals surface area contributed by atoms with Crippen molar-refractivity contribution in [3.05, 3.63) is 24.2 Å². The van der Waals surface area contributed by atoms with Crippen LogP contribution in [0.1, 0.15) is 24.7 Å². The first-order chi connectivity index (χ1) is 7.86. The van der Waals surface area contributed by atoms with Crippen LogP contribution in [0.15, 0.2) is 22.8 Å². The Balaban J connectivity index is 1.63. The fourth-order valence-corrected chi connectivity index (χ4v) is 1.97. The number of rotatable bonds is 5. The molecule has 4 nitrogen and oxygen atoms in total. The predicted molar refractivity (Wildman–Crippen MR) is 60.1 cm³/mol. The summed E-state index contributed by atoms with van der Waals surface area (Å²) >= 11 is 0. The Morgan fingerprint density at radius 2 is 2.50 bits per heavy atom. The first-order valence-corrected chi connectivity index (χ1v) is 5.86. The normalized spacial score (nSPS) is 23.2. The Kier molecular flexibility index (Phi) is 4.39. The summed E-state index contributed by atoms with van der Waals surface area (Å²) in [5.74, 6) is 1.20. The summed E-state index contributed by atoms with van der Waals surface area (Å²) in [7, 11) is 0. The third kappa shape index (κ3) is 3.33. The van der Waals surface area contributed by atoms with Gasteiger partial charge in [-0.3, -0.25) is 0 Å². The largest absolute Gasteiger partial charge is 0.467 e. The van der Waals surface area contributed by atoms with Crippen molar-refractivity contribution in [2.45, 2.75) is 18.9 Å². The van der Waals surface area contributed by atoms with Crippen LogP contribution in [-0.4, -0.2) is 31.4 Å². The van der Waals surface area contributed by atoms with E-state index in [1.54, 1.807) is 18.4 Å². The minimum atomic E-state index is -0.556. The van der Waals surface area contributed by atoms with E-state index in [2.05, 4.69) is 5.32 Å². The lowest BCUT2D eigenvalue weighted by molar-refractivity contribution is 0.0527. The molecule has 0 saturated carbocycles. The summed E-state index contributed by atoms with van der Waals surface area (Å²) in [5, 5.41) is 13.0. The van der Waals surface area contributed by atoms with Gasteiger partial charge in [-0.25, -0.2) is 0 Å². The van der Waals surface area contributed by atoms with Crippen molar-refractivity contribution in [1.29, 1.82) is 0 Å². The number of aliphatic hydroxyl groups excluding tert-OH is 1. The zero-order valence-corrected chi connectivity index (χ0v) is 9.39. The quantitative estimate of drug-likeness (QED) is 0.793. The van der Waals surface area contributed by atoms with Crippen LogP contribution in [0, 0.1) is 5.92 Å². The van der Waals surface area contributed by atoms with Crippen LogP contribution >= 0.6 is 0 Å². The van der Waals surface area contributed by atoms with Crippen molar-refractivity contribution in [3.8, 4) is 0 Å². The van der Waals surface area contributed by atoms with E-state index in [1.165, 1.54) is 6.42 Å². The summed E-state index contributed by atoms with van der Waals surface area (Å²) in [4.78, 5) is 0. The van der Waals surface area contributed by atoms with Crippen molar-refractivity contribution in [3.63, 3.8) is 0 Å². The monoisotopic (exact) mass is 225 g/mol. The molecule has 1 aliphatic rings. The zero-order valence-electron chi connectivity index (χ0n) is 9.39. The van der Waals surface area contributed by atoms with Crippen molar-refractivity contribution >= 4 is 0 Å². The molecule has 2 unspecified atom stereocenters. The Bertz CT molecular complexity index is 280. The molecule has 90 valence electrons. The van der Waals surface area contributed by atoms with Gasteiger partial charge in [0.05, 0.1) is 12.9 Å². The fourth-order valence-electron chi connectivity index (χ4n) is 1.97. The van der Waals surface area contributed by atoms with Crippen LogP contribution in [0.5, 0.6) is 0 Å². The van der Waals surface area contributed by atoms with Gasteiger partial charge in [-0.15, -0.1) is 0 Å². The standard InChI is InChI=1S/C12H19NO3/c14-11(12-4-2-6-16-12)8-13-7-10-3-1-5-15-9-10/h2,4,6,10-11,13-14H,1,3,5,7-9H2. The first kappa shape index (κ1) is 11.6. The lowest BCUT2D eigenvalue weighted by Crippen LogP contribution is -2.31. The summed E-state index contributed by atoms with van der Waals surface area (Å²) in [6.45, 7) is 3.16. The Morgan fingerprint density at radius 3 is 3.19 bits per heavy atom. The molecular weight excluding hydrogens is 206 g/mol. The van der Waals surface area contributed by atoms with Crippen molar-refractivity contribution < 1.29 is 14.3 Å². The van der Waals surface area contributed by atoms with Gasteiger partial charge in [-0.1, -0.05) is 0 Å². The van der Waals surface area contributed by atoms with Gasteiger partial charge in [0.25, 0.3) is 0 Å². The third-order valence-electron chi connectivity index (χ3n) is 2.90. The van der Waals surface area contributed by atoms with Crippen LogP contribution in [0.2, 0.25) is 0 Å². The van der Waals surface area contributed by atoms with Crippen LogP contribution < -0.4 is 5.32 Å². The maximum absolute atomic E-state index is 9.75. The van der Waals surface area contributed by atoms with E-state index in [9.17, 15) is 5.11 Å². The molecule has 1 saturated heterocycles. The summed E-state index contributed by atoms with van der Waals surface area (Å²) in [5.41, 5.74) is 0. The van der Waals surface area contributed by atoms with Crippen LogP contribution in [0.3, 0.4) is 0 Å². The van der Waals surface area contributed by atoms with Crippen molar-refractivity contribution in [2.24, 2.45) is 5.92 Å². The summed E-state index contributed by atoms with van der Waals surface area (Å²) < 4.78 is 10.5. The second-order valence-electron chi connectivity index (χ2n) is 4.27. The van der Waals surface area contributed by atoms with Gasteiger partial charge in [-0.05, 0) is 30.9 Å². The molecule has 0 amide bonds. The molecule has 0 spiro atoms. The molecular formula is C12H19NO3. The number of nitrogens with one attached hydrogen (secondary N) is 1. The molecule has 2 rings (SSSR count). The summed E-state index contributed by atoms with van der Waals surface area (Å²) in [6.07, 6.45) is 3.38. The molecule has 0 bridgehead atoms. The highest BCUT2D eigenvalue weighted by Gasteiger charge is 2.15. The fraction of sp³-hybridized carbons (Fsp3) is 0.667. The van der Waals surface area contributed by atoms with E-state index >= 15 is 0 Å². The van der Waals surface area contributed by atoms with Gasteiger partial charge >= 0.3 is 0 Å². The average Bonchev–Trinajstić information content (AvgIpc) is 2.84. The van der Waals surface area contributed by atoms with Gasteiger partial charge in [0.1, 0.15) is 11.9 Å². The number of hydrogen-bond donors (Lipinski definition) is 2. The molecule has 1 fully saturated rings. The van der Waals surface area contributed by atoms with Crippen molar-refractivity contribution in [2.75, 3.05) is 26.3 Å². The number of furan rings is 1. The molecule has 1 aromatic rings. The molecule has 0 radical (unpaired) electrons. The first-order valence-electron chi connectivity index (χ1n) is 5.86. The predicted octanol–water partition coefficient (Wildman–Crippen LogP) is 1.33. The highest BCUT2D eigenvalue weighted by atomic mass is 16.5. The molecule has 4 heteroatoms. The van der Waals surface area contributed by atoms with Gasteiger partial charge in [-0.2, -0.15) is 0 Å². The van der Waals surface area contributed by atoms with E-state index in [-0.39, 0.29) is 0 Å². The van der Waals surface area contributed by atoms with E-state index < -0.39 is 6.10 Å². The van der Waals surface area contributed by atoms with Gasteiger partial charge in [0.15, 0.2) is 0 Å². The Hall–Kier alpha value is -0.840. The van der Waals surface area contributed by atoms with Gasteiger partial charge in [0.2, 0.25) is 0 Å². The SMILES string of the molecule is OC(CNCC1CCCOC1)c1ccco1. The summed E-state index contributed by atoms with van der Waals surface area (Å²) in [6, 6.07) is 3.57. The number of ether oxygens (including phenoxy) is 1. The number of hydrogen-bond acceptors (Lipinski definition) is 4. The maximum Gasteiger partial charge on any atom is 0.133 e. The molecule has 2 heterocycles. The molecule has 0 aliphatic carbocycles. The molecule has 0 aromatic carbocycles. The van der Waals surface area contributed by atoms with Gasteiger partial charge in [0, 0.05) is 19.7 Å². The zero-order chi connectivity index (χ0) is 11.2. The number of aliphatic hydroxyl groups is 1. The van der Waals surface area contributed by atoms with E-state index in [0.717, 1.165) is 26.2 Å². The van der Waals surface area contributed by atoms with Crippen LogP contribution in [-0.2, 0) is 4.74 Å². The third-order valence-corrected chi connectivity index (χ3v) is 2.90. The smallest absolute Gasteiger partial charge is 0.133 e. The van der Waals surface area contributed by atoms with Crippen LogP contribution in [0.25, 0.3) is 0 Å². The molecule has 2 N–H and O–H groups in total. The van der Waals surface area contributed by atoms with Gasteiger partial charge < -0.3 is 19.6 Å².